The molecule has 0 radical (unpaired) electrons. The Morgan fingerprint density at radius 1 is 1.31 bits per heavy atom. The number of rotatable bonds is 1. The van der Waals surface area contributed by atoms with Crippen molar-refractivity contribution in [1.82, 2.24) is 10.9 Å². The first-order valence-corrected chi connectivity index (χ1v) is 4.53. The lowest BCUT2D eigenvalue weighted by atomic mass is 10.0. The molecule has 3 heteroatoms. The summed E-state index contributed by atoms with van der Waals surface area (Å²) in [6.45, 7) is 2.66. The molecule has 2 rings (SSSR count). The summed E-state index contributed by atoms with van der Waals surface area (Å²) >= 11 is 0. The Bertz CT molecular complexity index is 263. The normalized spacial score (nSPS) is 28.7. The number of ether oxygens (including phenoxy) is 1. The largest absolute Gasteiger partial charge is 0.355 e. The molecule has 0 spiro atoms. The van der Waals surface area contributed by atoms with Crippen molar-refractivity contribution >= 4 is 0 Å². The first-order chi connectivity index (χ1) is 6.38. The molecule has 70 valence electrons. The third kappa shape index (κ3) is 1.88. The Kier molecular flexibility index (Phi) is 2.59. The smallest absolute Gasteiger partial charge is 0.110 e. The van der Waals surface area contributed by atoms with E-state index in [-0.39, 0.29) is 6.10 Å². The van der Waals surface area contributed by atoms with E-state index in [0.29, 0.717) is 12.8 Å². The Morgan fingerprint density at radius 2 is 2.08 bits per heavy atom. The molecule has 2 unspecified atom stereocenters. The summed E-state index contributed by atoms with van der Waals surface area (Å²) in [7, 11) is 0. The molecule has 3 nitrogen and oxygen atoms in total. The van der Waals surface area contributed by atoms with Gasteiger partial charge in [-0.15, -0.1) is 0 Å². The molecule has 0 bridgehead atoms. The van der Waals surface area contributed by atoms with Gasteiger partial charge in [0, 0.05) is 6.04 Å². The predicted octanol–water partition coefficient (Wildman–Crippen LogP) is 1.20. The number of hydrogen-bond donors (Lipinski definition) is 2. The van der Waals surface area contributed by atoms with Gasteiger partial charge in [-0.3, -0.25) is 5.43 Å². The first kappa shape index (κ1) is 8.69. The van der Waals surface area contributed by atoms with Crippen LogP contribution in [-0.4, -0.2) is 12.8 Å². The fourth-order valence-corrected chi connectivity index (χ4v) is 1.58. The lowest BCUT2D eigenvalue weighted by Crippen LogP contribution is -2.49. The van der Waals surface area contributed by atoms with Crippen molar-refractivity contribution in [3.05, 3.63) is 35.9 Å². The van der Waals surface area contributed by atoms with Crippen LogP contribution < -0.4 is 10.9 Å². The van der Waals surface area contributed by atoms with Crippen LogP contribution in [0.2, 0.25) is 0 Å². The highest BCUT2D eigenvalue weighted by Crippen LogP contribution is 2.21. The van der Waals surface area contributed by atoms with E-state index in [1.54, 1.807) is 0 Å². The van der Waals surface area contributed by atoms with Crippen molar-refractivity contribution in [2.24, 2.45) is 0 Å². The predicted molar refractivity (Wildman–Crippen MR) is 50.9 cm³/mol. The summed E-state index contributed by atoms with van der Waals surface area (Å²) in [4.78, 5) is 0. The molecule has 1 saturated heterocycles. The molecule has 1 aliphatic rings. The van der Waals surface area contributed by atoms with Crippen LogP contribution in [0.25, 0.3) is 0 Å². The second-order valence-electron chi connectivity index (χ2n) is 3.25. The maximum Gasteiger partial charge on any atom is 0.110 e. The van der Waals surface area contributed by atoms with E-state index in [1.165, 1.54) is 5.56 Å². The Balaban J connectivity index is 2.15. The van der Waals surface area contributed by atoms with E-state index in [9.17, 15) is 0 Å². The summed E-state index contributed by atoms with van der Waals surface area (Å²) in [6.07, 6.45) is 0.155. The molecular formula is C10H14N2O. The molecular weight excluding hydrogens is 164 g/mol. The molecule has 2 atom stereocenters. The Labute approximate surface area is 78.1 Å². The molecule has 1 aromatic rings. The molecule has 0 amide bonds. The maximum absolute atomic E-state index is 5.60. The fourth-order valence-electron chi connectivity index (χ4n) is 1.58. The van der Waals surface area contributed by atoms with Crippen LogP contribution in [0.3, 0.4) is 0 Å². The van der Waals surface area contributed by atoms with Crippen molar-refractivity contribution in [3.8, 4) is 0 Å². The number of nitrogens with one attached hydrogen (secondary N) is 2. The highest BCUT2D eigenvalue weighted by Gasteiger charge is 2.22. The summed E-state index contributed by atoms with van der Waals surface area (Å²) in [6, 6.07) is 10.6. The highest BCUT2D eigenvalue weighted by molar-refractivity contribution is 5.19. The Hall–Kier alpha value is -0.900. The van der Waals surface area contributed by atoms with Gasteiger partial charge in [-0.05, 0) is 12.5 Å². The summed E-state index contributed by atoms with van der Waals surface area (Å²) < 4.78 is 5.60. The third-order valence-electron chi connectivity index (χ3n) is 2.25. The van der Waals surface area contributed by atoms with Gasteiger partial charge in [0.2, 0.25) is 0 Å². The van der Waals surface area contributed by atoms with E-state index >= 15 is 0 Å². The minimum absolute atomic E-state index is 0.155. The van der Waals surface area contributed by atoms with Gasteiger partial charge in [0.25, 0.3) is 0 Å². The molecule has 0 aromatic heterocycles. The van der Waals surface area contributed by atoms with Crippen molar-refractivity contribution < 1.29 is 4.74 Å². The van der Waals surface area contributed by atoms with Crippen LogP contribution in [-0.2, 0) is 4.74 Å². The number of benzene rings is 1. The molecule has 1 fully saturated rings. The van der Waals surface area contributed by atoms with Gasteiger partial charge in [-0.1, -0.05) is 30.3 Å². The van der Waals surface area contributed by atoms with Crippen LogP contribution in [0.15, 0.2) is 30.3 Å². The molecule has 0 saturated carbocycles. The van der Waals surface area contributed by atoms with E-state index in [0.717, 1.165) is 0 Å². The zero-order valence-corrected chi connectivity index (χ0v) is 7.66. The summed E-state index contributed by atoms with van der Waals surface area (Å²) in [5.74, 6) is 0. The average Bonchev–Trinajstić information content (AvgIpc) is 2.20. The second-order valence-corrected chi connectivity index (χ2v) is 3.25. The van der Waals surface area contributed by atoms with Crippen molar-refractivity contribution in [2.45, 2.75) is 19.1 Å². The minimum atomic E-state index is 0.155. The highest BCUT2D eigenvalue weighted by atomic mass is 16.5. The molecule has 1 aliphatic heterocycles. The third-order valence-corrected chi connectivity index (χ3v) is 2.25. The van der Waals surface area contributed by atoms with Gasteiger partial charge in [0.05, 0.1) is 0 Å². The molecule has 2 N–H and O–H groups in total. The van der Waals surface area contributed by atoms with E-state index in [4.69, 9.17) is 4.74 Å². The maximum atomic E-state index is 5.60. The van der Waals surface area contributed by atoms with Gasteiger partial charge >= 0.3 is 0 Å². The number of hydrazine groups is 1. The van der Waals surface area contributed by atoms with Crippen LogP contribution in [0.4, 0.5) is 0 Å². The number of hydrogen-bond acceptors (Lipinski definition) is 3. The van der Waals surface area contributed by atoms with Gasteiger partial charge in [-0.25, -0.2) is 5.43 Å². The SMILES string of the molecule is CC1NNCOC1c1ccccc1. The standard InChI is InChI=1S/C10H14N2O/c1-8-10(13-7-11-12-8)9-5-3-2-4-6-9/h2-6,8,10-12H,7H2,1H3. The monoisotopic (exact) mass is 178 g/mol. The summed E-state index contributed by atoms with van der Waals surface area (Å²) in [5.41, 5.74) is 7.34. The quantitative estimate of drug-likeness (QED) is 0.678. The van der Waals surface area contributed by atoms with Crippen LogP contribution >= 0.6 is 0 Å². The van der Waals surface area contributed by atoms with Crippen molar-refractivity contribution in [2.75, 3.05) is 6.73 Å². The van der Waals surface area contributed by atoms with E-state index in [1.807, 2.05) is 18.2 Å². The zero-order valence-electron chi connectivity index (χ0n) is 7.66. The fraction of sp³-hybridized carbons (Fsp3) is 0.400. The Morgan fingerprint density at radius 3 is 2.77 bits per heavy atom. The molecule has 13 heavy (non-hydrogen) atoms. The summed E-state index contributed by atoms with van der Waals surface area (Å²) in [5, 5.41) is 0. The van der Waals surface area contributed by atoms with E-state index < -0.39 is 0 Å². The van der Waals surface area contributed by atoms with Gasteiger partial charge in [-0.2, -0.15) is 0 Å². The van der Waals surface area contributed by atoms with Crippen LogP contribution in [0.1, 0.15) is 18.6 Å². The van der Waals surface area contributed by atoms with Crippen LogP contribution in [0, 0.1) is 0 Å². The second kappa shape index (κ2) is 3.87. The van der Waals surface area contributed by atoms with Gasteiger partial charge in [0.1, 0.15) is 12.8 Å². The molecule has 1 heterocycles. The van der Waals surface area contributed by atoms with Gasteiger partial charge < -0.3 is 4.74 Å². The van der Waals surface area contributed by atoms with Crippen LogP contribution in [0.5, 0.6) is 0 Å². The zero-order chi connectivity index (χ0) is 9.10. The van der Waals surface area contributed by atoms with Crippen molar-refractivity contribution in [1.29, 1.82) is 0 Å². The molecule has 0 aliphatic carbocycles. The minimum Gasteiger partial charge on any atom is -0.355 e. The van der Waals surface area contributed by atoms with Gasteiger partial charge in [0.15, 0.2) is 0 Å². The topological polar surface area (TPSA) is 33.3 Å². The molecule has 1 aromatic carbocycles. The lowest BCUT2D eigenvalue weighted by molar-refractivity contribution is -0.0312. The van der Waals surface area contributed by atoms with E-state index in [2.05, 4.69) is 29.9 Å². The lowest BCUT2D eigenvalue weighted by Gasteiger charge is -2.30. The van der Waals surface area contributed by atoms with Crippen molar-refractivity contribution in [3.63, 3.8) is 0 Å². The average molecular weight is 178 g/mol. The first-order valence-electron chi connectivity index (χ1n) is 4.53.